The van der Waals surface area contributed by atoms with Gasteiger partial charge in [0, 0.05) is 18.1 Å². The molecule has 0 bridgehead atoms. The fourth-order valence-electron chi connectivity index (χ4n) is 1.28. The number of amides is 1. The van der Waals surface area contributed by atoms with Gasteiger partial charge in [0.1, 0.15) is 5.75 Å². The van der Waals surface area contributed by atoms with Gasteiger partial charge in [-0.25, -0.2) is 8.42 Å². The molecule has 0 saturated heterocycles. The molecule has 0 fully saturated rings. The molecule has 1 rings (SSSR count). The molecule has 2 N–H and O–H groups in total. The molecular formula is C11H15ClN2O3S. The summed E-state index contributed by atoms with van der Waals surface area (Å²) in [7, 11) is -1.86. The number of carbonyl (C=O) groups excluding carboxylic acids is 1. The van der Waals surface area contributed by atoms with Gasteiger partial charge in [-0.05, 0) is 31.3 Å². The lowest BCUT2D eigenvalue weighted by atomic mass is 10.4. The lowest BCUT2D eigenvalue weighted by Gasteiger charge is -2.06. The smallest absolute Gasteiger partial charge is 0.235 e. The van der Waals surface area contributed by atoms with E-state index in [1.807, 2.05) is 0 Å². The molecule has 0 heterocycles. The first kappa shape index (κ1) is 14.9. The first-order chi connectivity index (χ1) is 8.45. The third-order valence-corrected chi connectivity index (χ3v) is 4.08. The van der Waals surface area contributed by atoms with Crippen molar-refractivity contribution < 1.29 is 13.2 Å². The van der Waals surface area contributed by atoms with Crippen LogP contribution in [0.3, 0.4) is 0 Å². The fraction of sp³-hybridized carbons (Fsp3) is 0.364. The highest BCUT2D eigenvalue weighted by molar-refractivity contribution is 7.92. The highest BCUT2D eigenvalue weighted by Gasteiger charge is 2.18. The minimum absolute atomic E-state index is 0.0932. The zero-order valence-corrected chi connectivity index (χ0v) is 11.5. The number of nitrogens with one attached hydrogen (secondary N) is 2. The van der Waals surface area contributed by atoms with Crippen molar-refractivity contribution >= 4 is 27.3 Å². The molecule has 0 saturated carbocycles. The second-order valence-corrected chi connectivity index (χ2v) is 6.09. The van der Waals surface area contributed by atoms with Gasteiger partial charge in [-0.1, -0.05) is 11.6 Å². The van der Waals surface area contributed by atoms with Gasteiger partial charge in [0.2, 0.25) is 5.91 Å². The van der Waals surface area contributed by atoms with Crippen LogP contribution in [-0.2, 0) is 14.6 Å². The SMILES string of the molecule is CNCCNC(=O)CS(=O)(=O)c1ccc(Cl)cc1. The van der Waals surface area contributed by atoms with E-state index in [4.69, 9.17) is 11.6 Å². The number of hydrogen-bond donors (Lipinski definition) is 2. The van der Waals surface area contributed by atoms with Gasteiger partial charge in [-0.2, -0.15) is 0 Å². The van der Waals surface area contributed by atoms with Gasteiger partial charge in [0.15, 0.2) is 9.84 Å². The van der Waals surface area contributed by atoms with Gasteiger partial charge < -0.3 is 10.6 Å². The highest BCUT2D eigenvalue weighted by Crippen LogP contribution is 2.15. The Kier molecular flexibility index (Phi) is 5.58. The summed E-state index contributed by atoms with van der Waals surface area (Å²) in [6.45, 7) is 0.984. The molecule has 0 unspecified atom stereocenters. The van der Waals surface area contributed by atoms with Crippen LogP contribution in [0.15, 0.2) is 29.2 Å². The Morgan fingerprint density at radius 2 is 1.83 bits per heavy atom. The summed E-state index contributed by atoms with van der Waals surface area (Å²) in [6, 6.07) is 5.73. The number of carbonyl (C=O) groups is 1. The molecule has 1 amide bonds. The third kappa shape index (κ3) is 4.64. The Bertz CT molecular complexity index is 500. The van der Waals surface area contributed by atoms with Crippen molar-refractivity contribution in [3.63, 3.8) is 0 Å². The van der Waals surface area contributed by atoms with Gasteiger partial charge in [0.25, 0.3) is 0 Å². The summed E-state index contributed by atoms with van der Waals surface area (Å²) in [5.74, 6) is -1.07. The van der Waals surface area contributed by atoms with Crippen LogP contribution in [0.2, 0.25) is 5.02 Å². The Labute approximate surface area is 111 Å². The van der Waals surface area contributed by atoms with E-state index < -0.39 is 21.5 Å². The molecule has 1 aromatic rings. The number of sulfone groups is 1. The summed E-state index contributed by atoms with van der Waals surface area (Å²) in [5.41, 5.74) is 0. The molecule has 100 valence electrons. The van der Waals surface area contributed by atoms with Gasteiger partial charge in [0.05, 0.1) is 4.90 Å². The average Bonchev–Trinajstić information content (AvgIpc) is 2.29. The Morgan fingerprint density at radius 1 is 1.22 bits per heavy atom. The Balaban J connectivity index is 2.64. The van der Waals surface area contributed by atoms with Crippen LogP contribution in [0.1, 0.15) is 0 Å². The molecule has 0 aliphatic heterocycles. The molecule has 0 aliphatic rings. The van der Waals surface area contributed by atoms with Crippen molar-refractivity contribution in [1.29, 1.82) is 0 Å². The molecule has 1 aromatic carbocycles. The number of halogens is 1. The second-order valence-electron chi connectivity index (χ2n) is 3.67. The number of likely N-dealkylation sites (N-methyl/N-ethyl adjacent to an activating group) is 1. The summed E-state index contributed by atoms with van der Waals surface area (Å²) >= 11 is 5.67. The van der Waals surface area contributed by atoms with Crippen LogP contribution in [0.4, 0.5) is 0 Å². The van der Waals surface area contributed by atoms with Gasteiger partial charge in [-0.15, -0.1) is 0 Å². The van der Waals surface area contributed by atoms with Crippen molar-refractivity contribution in [3.05, 3.63) is 29.3 Å². The van der Waals surface area contributed by atoms with Crippen LogP contribution < -0.4 is 10.6 Å². The molecule has 0 aromatic heterocycles. The number of benzene rings is 1. The molecule has 0 radical (unpaired) electrons. The monoisotopic (exact) mass is 290 g/mol. The summed E-state index contributed by atoms with van der Waals surface area (Å²) in [4.78, 5) is 11.5. The summed E-state index contributed by atoms with van der Waals surface area (Å²) in [6.07, 6.45) is 0. The van der Waals surface area contributed by atoms with Crippen molar-refractivity contribution in [2.24, 2.45) is 0 Å². The van der Waals surface area contributed by atoms with Crippen LogP contribution in [0.25, 0.3) is 0 Å². The Hall–Kier alpha value is -1.11. The molecule has 18 heavy (non-hydrogen) atoms. The number of rotatable bonds is 6. The normalized spacial score (nSPS) is 11.2. The average molecular weight is 291 g/mol. The van der Waals surface area contributed by atoms with Crippen molar-refractivity contribution in [2.75, 3.05) is 25.9 Å². The lowest BCUT2D eigenvalue weighted by Crippen LogP contribution is -2.34. The molecule has 7 heteroatoms. The maximum absolute atomic E-state index is 11.9. The summed E-state index contributed by atoms with van der Waals surface area (Å²) < 4.78 is 23.7. The van der Waals surface area contributed by atoms with Crippen molar-refractivity contribution in [1.82, 2.24) is 10.6 Å². The third-order valence-electron chi connectivity index (χ3n) is 2.19. The molecular weight excluding hydrogens is 276 g/mol. The minimum atomic E-state index is -3.60. The molecule has 5 nitrogen and oxygen atoms in total. The first-order valence-electron chi connectivity index (χ1n) is 5.35. The molecule has 0 atom stereocenters. The van der Waals surface area contributed by atoms with Gasteiger partial charge in [-0.3, -0.25) is 4.79 Å². The standard InChI is InChI=1S/C11H15ClN2O3S/c1-13-6-7-14-11(15)8-18(16,17)10-4-2-9(12)3-5-10/h2-5,13H,6-8H2,1H3,(H,14,15). The Morgan fingerprint density at radius 3 is 2.39 bits per heavy atom. The van der Waals surface area contributed by atoms with E-state index >= 15 is 0 Å². The predicted octanol–water partition coefficient (Wildman–Crippen LogP) is 0.449. The van der Waals surface area contributed by atoms with E-state index in [0.717, 1.165) is 0 Å². The topological polar surface area (TPSA) is 75.3 Å². The fourth-order valence-corrected chi connectivity index (χ4v) is 2.57. The highest BCUT2D eigenvalue weighted by atomic mass is 35.5. The van der Waals surface area contributed by atoms with Crippen molar-refractivity contribution in [2.45, 2.75) is 4.90 Å². The van der Waals surface area contributed by atoms with Crippen LogP contribution in [0.5, 0.6) is 0 Å². The van der Waals surface area contributed by atoms with Crippen LogP contribution in [-0.4, -0.2) is 40.2 Å². The lowest BCUT2D eigenvalue weighted by molar-refractivity contribution is -0.118. The maximum atomic E-state index is 11.9. The summed E-state index contributed by atoms with van der Waals surface area (Å²) in [5, 5.41) is 5.81. The van der Waals surface area contributed by atoms with E-state index in [1.54, 1.807) is 7.05 Å². The number of hydrogen-bond acceptors (Lipinski definition) is 4. The predicted molar refractivity (Wildman–Crippen MR) is 70.4 cm³/mol. The first-order valence-corrected chi connectivity index (χ1v) is 7.38. The molecule has 0 aliphatic carbocycles. The molecule has 0 spiro atoms. The van der Waals surface area contributed by atoms with E-state index in [0.29, 0.717) is 18.1 Å². The zero-order chi connectivity index (χ0) is 13.6. The largest absolute Gasteiger partial charge is 0.354 e. The zero-order valence-electron chi connectivity index (χ0n) is 9.94. The van der Waals surface area contributed by atoms with Gasteiger partial charge >= 0.3 is 0 Å². The quantitative estimate of drug-likeness (QED) is 0.746. The van der Waals surface area contributed by atoms with Crippen LogP contribution >= 0.6 is 11.6 Å². The van der Waals surface area contributed by atoms with E-state index in [1.165, 1.54) is 24.3 Å². The second kappa shape index (κ2) is 6.72. The van der Waals surface area contributed by atoms with E-state index in [-0.39, 0.29) is 4.90 Å². The van der Waals surface area contributed by atoms with E-state index in [9.17, 15) is 13.2 Å². The van der Waals surface area contributed by atoms with E-state index in [2.05, 4.69) is 10.6 Å². The maximum Gasteiger partial charge on any atom is 0.235 e. The minimum Gasteiger partial charge on any atom is -0.354 e. The van der Waals surface area contributed by atoms with Crippen molar-refractivity contribution in [3.8, 4) is 0 Å². The van der Waals surface area contributed by atoms with Crippen LogP contribution in [0, 0.1) is 0 Å².